The topological polar surface area (TPSA) is 86.8 Å². The first-order valence-corrected chi connectivity index (χ1v) is 16.4. The Hall–Kier alpha value is -4.57. The Morgan fingerprint density at radius 3 is 2.02 bits per heavy atom. The van der Waals surface area contributed by atoms with Crippen LogP contribution in [0, 0.1) is 11.6 Å². The number of amides is 2. The highest BCUT2D eigenvalue weighted by Gasteiger charge is 2.36. The van der Waals surface area contributed by atoms with Crippen LogP contribution in [0.4, 0.5) is 14.5 Å². The quantitative estimate of drug-likeness (QED) is 0.212. The lowest BCUT2D eigenvalue weighted by atomic mass is 10.0. The van der Waals surface area contributed by atoms with E-state index in [1.165, 1.54) is 59.5 Å². The predicted octanol–water partition coefficient (Wildman–Crippen LogP) is 5.86. The molecule has 0 aromatic heterocycles. The van der Waals surface area contributed by atoms with Crippen LogP contribution in [0.15, 0.2) is 114 Å². The number of carbonyl (C=O) groups is 2. The Kier molecular flexibility index (Phi) is 10.2. The largest absolute Gasteiger partial charge is 0.352 e. The van der Waals surface area contributed by atoms with Crippen molar-refractivity contribution in [3.05, 3.63) is 132 Å². The Labute approximate surface area is 262 Å². The highest BCUT2D eigenvalue weighted by atomic mass is 32.2. The van der Waals surface area contributed by atoms with E-state index in [1.54, 1.807) is 18.2 Å². The highest BCUT2D eigenvalue weighted by Crippen LogP contribution is 2.27. The van der Waals surface area contributed by atoms with Crippen molar-refractivity contribution in [2.75, 3.05) is 10.8 Å². The molecule has 1 fully saturated rings. The fraction of sp³-hybridized carbons (Fsp3) is 0.257. The monoisotopic (exact) mass is 631 g/mol. The molecule has 0 radical (unpaired) electrons. The van der Waals surface area contributed by atoms with Gasteiger partial charge in [0.2, 0.25) is 11.8 Å². The lowest BCUT2D eigenvalue weighted by Gasteiger charge is -2.34. The maximum atomic E-state index is 15.2. The van der Waals surface area contributed by atoms with Crippen molar-refractivity contribution in [2.45, 2.75) is 55.6 Å². The predicted molar refractivity (Wildman–Crippen MR) is 169 cm³/mol. The third kappa shape index (κ3) is 7.94. The molecular formula is C35H35F2N3O4S. The van der Waals surface area contributed by atoms with Crippen LogP contribution in [0.2, 0.25) is 0 Å². The van der Waals surface area contributed by atoms with Crippen molar-refractivity contribution in [2.24, 2.45) is 0 Å². The molecule has 2 amide bonds. The zero-order valence-electron chi connectivity index (χ0n) is 24.7. The van der Waals surface area contributed by atoms with Crippen LogP contribution in [-0.2, 0) is 32.6 Å². The van der Waals surface area contributed by atoms with Gasteiger partial charge < -0.3 is 10.2 Å². The van der Waals surface area contributed by atoms with E-state index < -0.39 is 40.2 Å². The number of carbonyl (C=O) groups excluding carboxylic acids is 2. The molecule has 234 valence electrons. The maximum absolute atomic E-state index is 15.2. The molecule has 0 bridgehead atoms. The first-order chi connectivity index (χ1) is 21.7. The van der Waals surface area contributed by atoms with Crippen molar-refractivity contribution in [3.63, 3.8) is 0 Å². The van der Waals surface area contributed by atoms with Gasteiger partial charge in [-0.25, -0.2) is 17.2 Å². The number of nitrogens with one attached hydrogen (secondary N) is 1. The molecule has 0 heterocycles. The lowest BCUT2D eigenvalue weighted by Crippen LogP contribution is -2.54. The first-order valence-electron chi connectivity index (χ1n) is 14.9. The van der Waals surface area contributed by atoms with Crippen molar-refractivity contribution in [1.82, 2.24) is 10.2 Å². The van der Waals surface area contributed by atoms with Gasteiger partial charge in [0.05, 0.1) is 10.6 Å². The van der Waals surface area contributed by atoms with Crippen LogP contribution in [0.25, 0.3) is 0 Å². The summed E-state index contributed by atoms with van der Waals surface area (Å²) in [5.41, 5.74) is 1.04. The van der Waals surface area contributed by atoms with Crippen LogP contribution >= 0.6 is 0 Å². The van der Waals surface area contributed by atoms with Gasteiger partial charge in [0.1, 0.15) is 24.2 Å². The van der Waals surface area contributed by atoms with E-state index in [-0.39, 0.29) is 35.5 Å². The third-order valence-electron chi connectivity index (χ3n) is 7.97. The third-order valence-corrected chi connectivity index (χ3v) is 9.74. The van der Waals surface area contributed by atoms with Gasteiger partial charge in [0.25, 0.3) is 10.0 Å². The SMILES string of the molecule is O=C(NC1CCCC1)[C@H](Cc1ccccc1)N(Cc1ccc(F)cc1)C(=O)CN(c1ccccc1F)S(=O)(=O)c1ccccc1. The van der Waals surface area contributed by atoms with E-state index in [2.05, 4.69) is 5.32 Å². The zero-order valence-corrected chi connectivity index (χ0v) is 25.5. The molecule has 10 heteroatoms. The second kappa shape index (κ2) is 14.5. The van der Waals surface area contributed by atoms with Gasteiger partial charge in [-0.1, -0.05) is 85.6 Å². The normalized spacial score (nSPS) is 14.1. The second-order valence-corrected chi connectivity index (χ2v) is 13.0. The molecule has 1 saturated carbocycles. The first kappa shape index (κ1) is 31.8. The minimum Gasteiger partial charge on any atom is -0.352 e. The van der Waals surface area contributed by atoms with Crippen LogP contribution in [0.1, 0.15) is 36.8 Å². The number of benzene rings is 4. The zero-order chi connectivity index (χ0) is 31.8. The maximum Gasteiger partial charge on any atom is 0.264 e. The summed E-state index contributed by atoms with van der Waals surface area (Å²) < 4.78 is 57.6. The van der Waals surface area contributed by atoms with E-state index in [0.29, 0.717) is 5.56 Å². The summed E-state index contributed by atoms with van der Waals surface area (Å²) in [7, 11) is -4.41. The summed E-state index contributed by atoms with van der Waals surface area (Å²) in [5, 5.41) is 3.09. The highest BCUT2D eigenvalue weighted by molar-refractivity contribution is 7.92. The molecule has 1 aliphatic rings. The van der Waals surface area contributed by atoms with E-state index in [9.17, 15) is 22.4 Å². The fourth-order valence-electron chi connectivity index (χ4n) is 5.60. The van der Waals surface area contributed by atoms with Crippen molar-refractivity contribution in [1.29, 1.82) is 0 Å². The van der Waals surface area contributed by atoms with Crippen LogP contribution in [0.5, 0.6) is 0 Å². The average molecular weight is 632 g/mol. The molecule has 1 atom stereocenters. The fourth-order valence-corrected chi connectivity index (χ4v) is 7.04. The second-order valence-electron chi connectivity index (χ2n) is 11.1. The van der Waals surface area contributed by atoms with Gasteiger partial charge in [-0.05, 0) is 60.4 Å². The summed E-state index contributed by atoms with van der Waals surface area (Å²) >= 11 is 0. The van der Waals surface area contributed by atoms with Gasteiger partial charge >= 0.3 is 0 Å². The number of hydrogen-bond acceptors (Lipinski definition) is 4. The van der Waals surface area contributed by atoms with E-state index in [0.717, 1.165) is 41.6 Å². The summed E-state index contributed by atoms with van der Waals surface area (Å²) in [5.74, 6) is -2.38. The molecule has 4 aromatic carbocycles. The Morgan fingerprint density at radius 1 is 0.778 bits per heavy atom. The Morgan fingerprint density at radius 2 is 1.38 bits per heavy atom. The number of rotatable bonds is 12. The summed E-state index contributed by atoms with van der Waals surface area (Å²) in [6.45, 7) is -0.882. The van der Waals surface area contributed by atoms with Gasteiger partial charge in [-0.2, -0.15) is 0 Å². The van der Waals surface area contributed by atoms with Gasteiger partial charge in [-0.3, -0.25) is 13.9 Å². The van der Waals surface area contributed by atoms with Gasteiger partial charge in [-0.15, -0.1) is 0 Å². The summed E-state index contributed by atoms with van der Waals surface area (Å²) in [6, 6.07) is 26.5. The molecule has 0 spiro atoms. The van der Waals surface area contributed by atoms with Crippen LogP contribution in [-0.4, -0.2) is 43.8 Å². The minimum atomic E-state index is -4.41. The van der Waals surface area contributed by atoms with Gasteiger partial charge in [0.15, 0.2) is 0 Å². The van der Waals surface area contributed by atoms with E-state index in [4.69, 9.17) is 0 Å². The van der Waals surface area contributed by atoms with Gasteiger partial charge in [0, 0.05) is 19.0 Å². The molecule has 0 unspecified atom stereocenters. The number of halogens is 2. The average Bonchev–Trinajstić information content (AvgIpc) is 3.56. The number of para-hydroxylation sites is 1. The number of anilines is 1. The standard InChI is InChI=1S/C35H35F2N3O4S/c36-28-21-19-27(20-22-28)24-39(33(23-26-11-3-1-4-12-26)35(42)38-29-13-7-8-14-29)34(41)25-40(32-18-10-9-17-31(32)37)45(43,44)30-15-5-2-6-16-30/h1-6,9-12,15-22,29,33H,7-8,13-14,23-25H2,(H,38,42)/t33-/m0/s1. The molecule has 5 rings (SSSR count). The Bertz CT molecular complexity index is 1700. The molecule has 1 N–H and O–H groups in total. The molecule has 0 saturated heterocycles. The van der Waals surface area contributed by atoms with Crippen molar-refractivity contribution >= 4 is 27.5 Å². The molecule has 4 aromatic rings. The number of sulfonamides is 1. The smallest absolute Gasteiger partial charge is 0.264 e. The minimum absolute atomic E-state index is 0.0353. The number of hydrogen-bond donors (Lipinski definition) is 1. The molecule has 7 nitrogen and oxygen atoms in total. The Balaban J connectivity index is 1.56. The number of nitrogens with zero attached hydrogens (tertiary/aromatic N) is 2. The van der Waals surface area contributed by atoms with Crippen molar-refractivity contribution < 1.29 is 26.8 Å². The summed E-state index contributed by atoms with van der Waals surface area (Å²) in [6.07, 6.45) is 3.78. The van der Waals surface area contributed by atoms with Crippen LogP contribution < -0.4 is 9.62 Å². The van der Waals surface area contributed by atoms with E-state index in [1.807, 2.05) is 30.3 Å². The lowest BCUT2D eigenvalue weighted by molar-refractivity contribution is -0.140. The molecule has 45 heavy (non-hydrogen) atoms. The molecular weight excluding hydrogens is 596 g/mol. The molecule has 0 aliphatic heterocycles. The summed E-state index contributed by atoms with van der Waals surface area (Å²) in [4.78, 5) is 29.6. The van der Waals surface area contributed by atoms with E-state index >= 15 is 4.39 Å². The van der Waals surface area contributed by atoms with Crippen LogP contribution in [0.3, 0.4) is 0 Å². The van der Waals surface area contributed by atoms with Crippen molar-refractivity contribution in [3.8, 4) is 0 Å². The molecule has 1 aliphatic carbocycles.